The van der Waals surface area contributed by atoms with E-state index in [9.17, 15) is 9.59 Å². The fourth-order valence-electron chi connectivity index (χ4n) is 2.57. The number of morpholine rings is 1. The summed E-state index contributed by atoms with van der Waals surface area (Å²) in [6.07, 6.45) is 1.85. The van der Waals surface area contributed by atoms with Gasteiger partial charge in [0.1, 0.15) is 0 Å². The van der Waals surface area contributed by atoms with Gasteiger partial charge in [-0.3, -0.25) is 4.79 Å². The van der Waals surface area contributed by atoms with E-state index >= 15 is 0 Å². The standard InChI is InChI=1S/C12H20N2O4/c1-8-2-3-13-9(6-8)11(15)14-4-5-18-7-10(14)12(16)17/h8-10,13H,2-7H2,1H3,(H,16,17). The molecule has 0 radical (unpaired) electrons. The van der Waals surface area contributed by atoms with Crippen LogP contribution < -0.4 is 5.32 Å². The van der Waals surface area contributed by atoms with E-state index < -0.39 is 12.0 Å². The molecule has 102 valence electrons. The molecule has 0 aromatic heterocycles. The Morgan fingerprint density at radius 1 is 1.44 bits per heavy atom. The highest BCUT2D eigenvalue weighted by Crippen LogP contribution is 2.18. The zero-order chi connectivity index (χ0) is 13.1. The first-order valence-electron chi connectivity index (χ1n) is 6.44. The second-order valence-corrected chi connectivity index (χ2v) is 5.10. The summed E-state index contributed by atoms with van der Waals surface area (Å²) in [4.78, 5) is 24.9. The van der Waals surface area contributed by atoms with E-state index in [1.807, 2.05) is 0 Å². The Labute approximate surface area is 106 Å². The highest BCUT2D eigenvalue weighted by molar-refractivity contribution is 5.87. The molecular weight excluding hydrogens is 236 g/mol. The smallest absolute Gasteiger partial charge is 0.328 e. The predicted molar refractivity (Wildman–Crippen MR) is 64.1 cm³/mol. The highest BCUT2D eigenvalue weighted by Gasteiger charge is 2.37. The maximum absolute atomic E-state index is 12.4. The number of carboxylic acids is 1. The topological polar surface area (TPSA) is 78.9 Å². The summed E-state index contributed by atoms with van der Waals surface area (Å²) in [5.41, 5.74) is 0. The Balaban J connectivity index is 2.03. The van der Waals surface area contributed by atoms with Crippen LogP contribution in [-0.4, -0.2) is 60.3 Å². The molecule has 2 heterocycles. The minimum atomic E-state index is -0.994. The molecule has 2 rings (SSSR count). The molecule has 1 amide bonds. The third-order valence-corrected chi connectivity index (χ3v) is 3.66. The largest absolute Gasteiger partial charge is 0.480 e. The normalized spacial score (nSPS) is 33.2. The second-order valence-electron chi connectivity index (χ2n) is 5.10. The van der Waals surface area contributed by atoms with Crippen LogP contribution in [0.25, 0.3) is 0 Å². The molecule has 2 aliphatic rings. The summed E-state index contributed by atoms with van der Waals surface area (Å²) in [6, 6.07) is -1.08. The highest BCUT2D eigenvalue weighted by atomic mass is 16.5. The van der Waals surface area contributed by atoms with Crippen molar-refractivity contribution in [3.8, 4) is 0 Å². The maximum atomic E-state index is 12.4. The molecule has 0 aliphatic carbocycles. The summed E-state index contributed by atoms with van der Waals surface area (Å²) >= 11 is 0. The molecule has 2 aliphatic heterocycles. The molecule has 2 saturated heterocycles. The van der Waals surface area contributed by atoms with Crippen molar-refractivity contribution in [3.63, 3.8) is 0 Å². The fraction of sp³-hybridized carbons (Fsp3) is 0.833. The first-order valence-corrected chi connectivity index (χ1v) is 6.44. The number of piperidine rings is 1. The summed E-state index contributed by atoms with van der Waals surface area (Å²) in [7, 11) is 0. The molecule has 2 fully saturated rings. The number of carboxylic acid groups (broad SMARTS) is 1. The van der Waals surface area contributed by atoms with Crippen molar-refractivity contribution < 1.29 is 19.4 Å². The van der Waals surface area contributed by atoms with E-state index in [0.29, 0.717) is 19.1 Å². The molecule has 6 heteroatoms. The lowest BCUT2D eigenvalue weighted by atomic mass is 9.93. The number of carbonyl (C=O) groups excluding carboxylic acids is 1. The Bertz CT molecular complexity index is 334. The Hall–Kier alpha value is -1.14. The molecule has 3 atom stereocenters. The number of ether oxygens (including phenoxy) is 1. The number of hydrogen-bond donors (Lipinski definition) is 2. The van der Waals surface area contributed by atoms with Gasteiger partial charge in [-0.15, -0.1) is 0 Å². The first kappa shape index (κ1) is 13.3. The van der Waals surface area contributed by atoms with Crippen molar-refractivity contribution in [2.24, 2.45) is 5.92 Å². The van der Waals surface area contributed by atoms with Gasteiger partial charge in [-0.25, -0.2) is 4.79 Å². The van der Waals surface area contributed by atoms with Crippen molar-refractivity contribution >= 4 is 11.9 Å². The van der Waals surface area contributed by atoms with Crippen LogP contribution in [0.1, 0.15) is 19.8 Å². The van der Waals surface area contributed by atoms with Crippen molar-refractivity contribution in [1.29, 1.82) is 0 Å². The molecular formula is C12H20N2O4. The van der Waals surface area contributed by atoms with Crippen LogP contribution in [0.5, 0.6) is 0 Å². The molecule has 18 heavy (non-hydrogen) atoms. The van der Waals surface area contributed by atoms with Crippen LogP contribution in [0.3, 0.4) is 0 Å². The van der Waals surface area contributed by atoms with Gasteiger partial charge in [0.25, 0.3) is 0 Å². The average molecular weight is 256 g/mol. The third kappa shape index (κ3) is 2.81. The van der Waals surface area contributed by atoms with Gasteiger partial charge < -0.3 is 20.1 Å². The van der Waals surface area contributed by atoms with Crippen LogP contribution in [0, 0.1) is 5.92 Å². The van der Waals surface area contributed by atoms with Crippen LogP contribution in [0.2, 0.25) is 0 Å². The van der Waals surface area contributed by atoms with Crippen molar-refractivity contribution in [3.05, 3.63) is 0 Å². The van der Waals surface area contributed by atoms with E-state index in [2.05, 4.69) is 12.2 Å². The van der Waals surface area contributed by atoms with Gasteiger partial charge >= 0.3 is 5.97 Å². The summed E-state index contributed by atoms with van der Waals surface area (Å²) in [5.74, 6) is -0.589. The molecule has 2 N–H and O–H groups in total. The van der Waals surface area contributed by atoms with Crippen LogP contribution >= 0.6 is 0 Å². The summed E-state index contributed by atoms with van der Waals surface area (Å²) < 4.78 is 5.14. The number of hydrogen-bond acceptors (Lipinski definition) is 4. The van der Waals surface area contributed by atoms with Gasteiger partial charge in [0.05, 0.1) is 19.3 Å². The zero-order valence-corrected chi connectivity index (χ0v) is 10.6. The van der Waals surface area contributed by atoms with Gasteiger partial charge in [-0.2, -0.15) is 0 Å². The molecule has 0 spiro atoms. The Morgan fingerprint density at radius 2 is 2.22 bits per heavy atom. The first-order chi connectivity index (χ1) is 8.59. The van der Waals surface area contributed by atoms with Gasteiger partial charge in [-0.05, 0) is 25.3 Å². The van der Waals surface area contributed by atoms with E-state index in [4.69, 9.17) is 9.84 Å². The predicted octanol–water partition coefficient (Wildman–Crippen LogP) is -0.313. The van der Waals surface area contributed by atoms with Gasteiger partial charge in [-0.1, -0.05) is 6.92 Å². The number of carbonyl (C=O) groups is 2. The van der Waals surface area contributed by atoms with Crippen molar-refractivity contribution in [1.82, 2.24) is 10.2 Å². The van der Waals surface area contributed by atoms with Gasteiger partial charge in [0, 0.05) is 6.54 Å². The van der Waals surface area contributed by atoms with Crippen LogP contribution in [0.4, 0.5) is 0 Å². The van der Waals surface area contributed by atoms with Gasteiger partial charge in [0.15, 0.2) is 6.04 Å². The number of rotatable bonds is 2. The second kappa shape index (κ2) is 5.67. The number of nitrogens with zero attached hydrogens (tertiary/aromatic N) is 1. The lowest BCUT2D eigenvalue weighted by Gasteiger charge is -2.37. The third-order valence-electron chi connectivity index (χ3n) is 3.66. The molecule has 0 saturated carbocycles. The van der Waals surface area contributed by atoms with E-state index in [0.717, 1.165) is 19.4 Å². The molecule has 3 unspecified atom stereocenters. The number of aliphatic carboxylic acids is 1. The quantitative estimate of drug-likeness (QED) is 0.708. The minimum Gasteiger partial charge on any atom is -0.480 e. The Morgan fingerprint density at radius 3 is 2.89 bits per heavy atom. The van der Waals surface area contributed by atoms with Crippen molar-refractivity contribution in [2.45, 2.75) is 31.8 Å². The van der Waals surface area contributed by atoms with Gasteiger partial charge in [0.2, 0.25) is 5.91 Å². The summed E-state index contributed by atoms with van der Waals surface area (Å²) in [5, 5.41) is 12.3. The molecule has 6 nitrogen and oxygen atoms in total. The lowest BCUT2D eigenvalue weighted by molar-refractivity contribution is -0.159. The zero-order valence-electron chi connectivity index (χ0n) is 10.6. The fourth-order valence-corrected chi connectivity index (χ4v) is 2.57. The number of amides is 1. The van der Waals surface area contributed by atoms with E-state index in [1.54, 1.807) is 0 Å². The average Bonchev–Trinajstić information content (AvgIpc) is 2.38. The Kier molecular flexibility index (Phi) is 4.19. The van der Waals surface area contributed by atoms with E-state index in [-0.39, 0.29) is 18.6 Å². The maximum Gasteiger partial charge on any atom is 0.328 e. The van der Waals surface area contributed by atoms with E-state index in [1.165, 1.54) is 4.90 Å². The summed E-state index contributed by atoms with van der Waals surface area (Å²) in [6.45, 7) is 3.80. The molecule has 0 aromatic rings. The number of nitrogens with one attached hydrogen (secondary N) is 1. The lowest BCUT2D eigenvalue weighted by Crippen LogP contribution is -2.58. The molecule has 0 aromatic carbocycles. The monoisotopic (exact) mass is 256 g/mol. The SMILES string of the molecule is CC1CCNC(C(=O)N2CCOCC2C(=O)O)C1. The minimum absolute atomic E-state index is 0.0867. The van der Waals surface area contributed by atoms with Crippen LogP contribution in [-0.2, 0) is 14.3 Å². The molecule has 0 bridgehead atoms. The van der Waals surface area contributed by atoms with Crippen LogP contribution in [0.15, 0.2) is 0 Å². The van der Waals surface area contributed by atoms with Crippen molar-refractivity contribution in [2.75, 3.05) is 26.3 Å².